The molecule has 23 heavy (non-hydrogen) atoms. The fraction of sp³-hybridized carbons (Fsp3) is 0.286. The Morgan fingerprint density at radius 1 is 1.26 bits per heavy atom. The maximum atomic E-state index is 13.9. The van der Waals surface area contributed by atoms with Crippen molar-refractivity contribution in [2.24, 2.45) is 0 Å². The minimum Gasteiger partial charge on any atom is -0.478 e. The quantitative estimate of drug-likeness (QED) is 0.869. The van der Waals surface area contributed by atoms with Crippen LogP contribution in [0.3, 0.4) is 0 Å². The topological polar surface area (TPSA) is 100 Å². The van der Waals surface area contributed by atoms with Gasteiger partial charge in [-0.3, -0.25) is 0 Å². The zero-order valence-electron chi connectivity index (χ0n) is 12.1. The second-order valence-electron chi connectivity index (χ2n) is 4.83. The second-order valence-corrected chi connectivity index (χ2v) is 4.83. The Morgan fingerprint density at radius 3 is 2.70 bits per heavy atom. The van der Waals surface area contributed by atoms with Crippen LogP contribution in [0.15, 0.2) is 24.5 Å². The van der Waals surface area contributed by atoms with Gasteiger partial charge in [-0.15, -0.1) is 0 Å². The summed E-state index contributed by atoms with van der Waals surface area (Å²) in [5, 5.41) is 11.7. The summed E-state index contributed by atoms with van der Waals surface area (Å²) in [6, 6.07) is 2.90. The van der Waals surface area contributed by atoms with Gasteiger partial charge in [-0.2, -0.15) is 4.98 Å². The number of hydrogen-bond acceptors (Lipinski definition) is 7. The Kier molecular flexibility index (Phi) is 4.29. The lowest BCUT2D eigenvalue weighted by Crippen LogP contribution is -2.37. The first-order chi connectivity index (χ1) is 11.1. The summed E-state index contributed by atoms with van der Waals surface area (Å²) in [6.07, 6.45) is 2.31. The third-order valence-electron chi connectivity index (χ3n) is 3.29. The van der Waals surface area contributed by atoms with Gasteiger partial charge < -0.3 is 20.1 Å². The number of aromatic nitrogens is 3. The lowest BCUT2D eigenvalue weighted by atomic mass is 10.3. The molecule has 0 aliphatic carbocycles. The summed E-state index contributed by atoms with van der Waals surface area (Å²) in [6.45, 7) is 2.15. The van der Waals surface area contributed by atoms with Gasteiger partial charge in [0.05, 0.1) is 25.0 Å². The third-order valence-corrected chi connectivity index (χ3v) is 3.29. The number of anilines is 3. The molecule has 1 saturated heterocycles. The van der Waals surface area contributed by atoms with E-state index in [4.69, 9.17) is 9.84 Å². The molecule has 0 amide bonds. The highest BCUT2D eigenvalue weighted by Gasteiger charge is 2.18. The highest BCUT2D eigenvalue weighted by Crippen LogP contribution is 2.20. The fourth-order valence-corrected chi connectivity index (χ4v) is 2.12. The maximum absolute atomic E-state index is 13.9. The Balaban J connectivity index is 1.78. The molecule has 3 heterocycles. The van der Waals surface area contributed by atoms with Gasteiger partial charge in [0.2, 0.25) is 5.95 Å². The van der Waals surface area contributed by atoms with Gasteiger partial charge in [0.1, 0.15) is 5.82 Å². The first kappa shape index (κ1) is 15.1. The van der Waals surface area contributed by atoms with Gasteiger partial charge in [0, 0.05) is 19.3 Å². The number of carbonyl (C=O) groups is 1. The average molecular weight is 319 g/mol. The molecule has 1 aliphatic heterocycles. The monoisotopic (exact) mass is 319 g/mol. The number of carboxylic acids is 1. The molecule has 1 fully saturated rings. The number of hydrogen-bond donors (Lipinski definition) is 2. The fourth-order valence-electron chi connectivity index (χ4n) is 2.12. The van der Waals surface area contributed by atoms with Crippen LogP contribution in [0.1, 0.15) is 10.4 Å². The molecule has 0 saturated carbocycles. The number of aromatic carboxylic acids is 1. The van der Waals surface area contributed by atoms with E-state index in [1.54, 1.807) is 4.90 Å². The van der Waals surface area contributed by atoms with E-state index in [0.29, 0.717) is 32.1 Å². The molecule has 0 bridgehead atoms. The van der Waals surface area contributed by atoms with Crippen molar-refractivity contribution < 1.29 is 19.0 Å². The van der Waals surface area contributed by atoms with Crippen LogP contribution >= 0.6 is 0 Å². The normalized spacial score (nSPS) is 14.6. The zero-order valence-corrected chi connectivity index (χ0v) is 12.1. The van der Waals surface area contributed by atoms with E-state index < -0.39 is 11.8 Å². The van der Waals surface area contributed by atoms with Gasteiger partial charge in [0.25, 0.3) is 0 Å². The highest BCUT2D eigenvalue weighted by atomic mass is 19.1. The van der Waals surface area contributed by atoms with Gasteiger partial charge in [0.15, 0.2) is 11.6 Å². The molecule has 0 spiro atoms. The van der Waals surface area contributed by atoms with Crippen molar-refractivity contribution in [2.75, 3.05) is 36.5 Å². The SMILES string of the molecule is O=C(O)c1ccc(Nc2ncc(F)c(N3CCOCC3)n2)nc1. The van der Waals surface area contributed by atoms with Gasteiger partial charge in [-0.1, -0.05) is 0 Å². The van der Waals surface area contributed by atoms with Crippen molar-refractivity contribution in [3.05, 3.63) is 35.9 Å². The minimum atomic E-state index is -1.06. The number of nitrogens with zero attached hydrogens (tertiary/aromatic N) is 4. The number of nitrogens with one attached hydrogen (secondary N) is 1. The number of morpholine rings is 1. The number of pyridine rings is 1. The summed E-state index contributed by atoms with van der Waals surface area (Å²) < 4.78 is 19.2. The molecule has 0 radical (unpaired) electrons. The molecule has 2 N–H and O–H groups in total. The molecule has 2 aromatic heterocycles. The van der Waals surface area contributed by atoms with Crippen molar-refractivity contribution >= 4 is 23.6 Å². The van der Waals surface area contributed by atoms with E-state index in [-0.39, 0.29) is 17.3 Å². The number of carboxylic acid groups (broad SMARTS) is 1. The Bertz CT molecular complexity index is 704. The molecule has 8 nitrogen and oxygen atoms in total. The lowest BCUT2D eigenvalue weighted by Gasteiger charge is -2.28. The van der Waals surface area contributed by atoms with E-state index >= 15 is 0 Å². The molecule has 0 unspecified atom stereocenters. The van der Waals surface area contributed by atoms with Crippen LogP contribution in [-0.4, -0.2) is 52.3 Å². The number of halogens is 1. The summed E-state index contributed by atoms with van der Waals surface area (Å²) in [5.41, 5.74) is 0.0737. The van der Waals surface area contributed by atoms with Crippen LogP contribution < -0.4 is 10.2 Å². The molecule has 3 rings (SSSR count). The van der Waals surface area contributed by atoms with Crippen molar-refractivity contribution in [3.63, 3.8) is 0 Å². The Labute approximate surface area is 131 Å². The lowest BCUT2D eigenvalue weighted by molar-refractivity contribution is 0.0696. The van der Waals surface area contributed by atoms with Crippen molar-refractivity contribution in [1.29, 1.82) is 0 Å². The largest absolute Gasteiger partial charge is 0.478 e. The van der Waals surface area contributed by atoms with Crippen LogP contribution in [0, 0.1) is 5.82 Å². The molecule has 2 aromatic rings. The highest BCUT2D eigenvalue weighted by molar-refractivity contribution is 5.87. The predicted molar refractivity (Wildman–Crippen MR) is 79.5 cm³/mol. The third kappa shape index (κ3) is 3.51. The Hall–Kier alpha value is -2.81. The minimum absolute atomic E-state index is 0.0737. The average Bonchev–Trinajstić information content (AvgIpc) is 2.58. The first-order valence-corrected chi connectivity index (χ1v) is 6.95. The summed E-state index contributed by atoms with van der Waals surface area (Å²) in [7, 11) is 0. The van der Waals surface area contributed by atoms with E-state index in [9.17, 15) is 9.18 Å². The van der Waals surface area contributed by atoms with Crippen molar-refractivity contribution in [1.82, 2.24) is 15.0 Å². The molecular formula is C14H14FN5O3. The summed E-state index contributed by atoms with van der Waals surface area (Å²) in [5.74, 6) is -0.811. The number of rotatable bonds is 4. The van der Waals surface area contributed by atoms with Crippen LogP contribution in [0.5, 0.6) is 0 Å². The Morgan fingerprint density at radius 2 is 2.04 bits per heavy atom. The van der Waals surface area contributed by atoms with Crippen molar-refractivity contribution in [3.8, 4) is 0 Å². The molecular weight excluding hydrogens is 305 g/mol. The first-order valence-electron chi connectivity index (χ1n) is 6.95. The van der Waals surface area contributed by atoms with E-state index in [0.717, 1.165) is 6.20 Å². The van der Waals surface area contributed by atoms with Crippen LogP contribution in [0.25, 0.3) is 0 Å². The van der Waals surface area contributed by atoms with Crippen LogP contribution in [0.4, 0.5) is 22.0 Å². The molecule has 0 aromatic carbocycles. The zero-order chi connectivity index (χ0) is 16.2. The van der Waals surface area contributed by atoms with Gasteiger partial charge >= 0.3 is 5.97 Å². The maximum Gasteiger partial charge on any atom is 0.337 e. The summed E-state index contributed by atoms with van der Waals surface area (Å²) >= 11 is 0. The molecule has 9 heteroatoms. The smallest absolute Gasteiger partial charge is 0.337 e. The number of ether oxygens (including phenoxy) is 1. The van der Waals surface area contributed by atoms with Gasteiger partial charge in [-0.05, 0) is 12.1 Å². The van der Waals surface area contributed by atoms with Crippen LogP contribution in [0.2, 0.25) is 0 Å². The van der Waals surface area contributed by atoms with E-state index in [1.807, 2.05) is 0 Å². The predicted octanol–water partition coefficient (Wildman–Crippen LogP) is 1.29. The van der Waals surface area contributed by atoms with Gasteiger partial charge in [-0.25, -0.2) is 19.2 Å². The standard InChI is InChI=1S/C14H14FN5O3/c15-10-8-17-14(19-12(10)20-3-5-23-6-4-20)18-11-2-1-9(7-16-11)13(21)22/h1-2,7-8H,3-6H2,(H,21,22)(H,16,17,18,19). The van der Waals surface area contributed by atoms with Crippen LogP contribution in [-0.2, 0) is 4.74 Å². The second kappa shape index (κ2) is 6.53. The van der Waals surface area contributed by atoms with E-state index in [1.165, 1.54) is 18.3 Å². The van der Waals surface area contributed by atoms with Crippen molar-refractivity contribution in [2.45, 2.75) is 0 Å². The molecule has 0 atom stereocenters. The summed E-state index contributed by atoms with van der Waals surface area (Å²) in [4.78, 5) is 24.6. The molecule has 120 valence electrons. The molecule has 1 aliphatic rings. The van der Waals surface area contributed by atoms with E-state index in [2.05, 4.69) is 20.3 Å².